The van der Waals surface area contributed by atoms with Crippen LogP contribution in [0, 0.1) is 5.92 Å². The van der Waals surface area contributed by atoms with Crippen LogP contribution in [0.1, 0.15) is 16.8 Å². The van der Waals surface area contributed by atoms with Crippen molar-refractivity contribution in [3.05, 3.63) is 42.1 Å². The highest BCUT2D eigenvalue weighted by atomic mass is 16.1. The molecule has 1 fully saturated rings. The van der Waals surface area contributed by atoms with Gasteiger partial charge in [-0.05, 0) is 25.1 Å². The van der Waals surface area contributed by atoms with Gasteiger partial charge in [0.15, 0.2) is 5.78 Å². The number of carbonyl (C=O) groups excluding carboxylic acids is 1. The second-order valence-electron chi connectivity index (χ2n) is 4.43. The summed E-state index contributed by atoms with van der Waals surface area (Å²) in [6.45, 7) is 1.73. The molecular weight excluding hydrogens is 212 g/mol. The van der Waals surface area contributed by atoms with Crippen molar-refractivity contribution in [1.29, 1.82) is 0 Å². The number of hydrogen-bond donors (Lipinski definition) is 1. The maximum atomic E-state index is 12.4. The van der Waals surface area contributed by atoms with Crippen molar-refractivity contribution < 1.29 is 4.79 Å². The Morgan fingerprint density at radius 1 is 1.29 bits per heavy atom. The molecule has 1 aromatic carbocycles. The minimum Gasteiger partial charge on any atom is -0.316 e. The standard InChI is InChI=1S/C14H14N2O/c17-14(11-6-8-15-9-11)12-5-1-3-10-4-2-7-16-13(10)12/h1-5,7,11,15H,6,8-9H2. The summed E-state index contributed by atoms with van der Waals surface area (Å²) in [6, 6.07) is 9.70. The smallest absolute Gasteiger partial charge is 0.169 e. The van der Waals surface area contributed by atoms with E-state index in [0.29, 0.717) is 0 Å². The highest BCUT2D eigenvalue weighted by Gasteiger charge is 2.24. The lowest BCUT2D eigenvalue weighted by Crippen LogP contribution is -2.18. The molecule has 86 valence electrons. The van der Waals surface area contributed by atoms with Gasteiger partial charge >= 0.3 is 0 Å². The molecule has 1 saturated heterocycles. The normalized spacial score (nSPS) is 19.6. The fourth-order valence-electron chi connectivity index (χ4n) is 2.40. The Bertz CT molecular complexity index is 554. The Balaban J connectivity index is 2.07. The fraction of sp³-hybridized carbons (Fsp3) is 0.286. The van der Waals surface area contributed by atoms with Crippen molar-refractivity contribution in [2.75, 3.05) is 13.1 Å². The zero-order valence-corrected chi connectivity index (χ0v) is 9.52. The number of nitrogens with zero attached hydrogens (tertiary/aromatic N) is 1. The SMILES string of the molecule is O=C(c1cccc2cccnc12)C1CCNC1. The summed E-state index contributed by atoms with van der Waals surface area (Å²) in [6.07, 6.45) is 2.67. The molecule has 1 aliphatic rings. The second-order valence-corrected chi connectivity index (χ2v) is 4.43. The first kappa shape index (κ1) is 10.4. The van der Waals surface area contributed by atoms with Gasteiger partial charge in [-0.25, -0.2) is 0 Å². The lowest BCUT2D eigenvalue weighted by molar-refractivity contribution is 0.0932. The van der Waals surface area contributed by atoms with Gasteiger partial charge in [-0.3, -0.25) is 9.78 Å². The number of pyridine rings is 1. The maximum Gasteiger partial charge on any atom is 0.169 e. The van der Waals surface area contributed by atoms with Gasteiger partial charge in [-0.1, -0.05) is 18.2 Å². The zero-order chi connectivity index (χ0) is 11.7. The van der Waals surface area contributed by atoms with E-state index in [1.807, 2.05) is 30.3 Å². The van der Waals surface area contributed by atoms with Crippen LogP contribution in [0.2, 0.25) is 0 Å². The number of fused-ring (bicyclic) bond motifs is 1. The van der Waals surface area contributed by atoms with E-state index in [-0.39, 0.29) is 11.7 Å². The molecule has 3 heteroatoms. The molecule has 2 aromatic rings. The molecule has 0 amide bonds. The summed E-state index contributed by atoms with van der Waals surface area (Å²) in [5, 5.41) is 4.26. The van der Waals surface area contributed by atoms with E-state index in [1.54, 1.807) is 6.20 Å². The average Bonchev–Trinajstić information content (AvgIpc) is 2.91. The van der Waals surface area contributed by atoms with Gasteiger partial charge in [-0.15, -0.1) is 0 Å². The van der Waals surface area contributed by atoms with Crippen molar-refractivity contribution in [3.8, 4) is 0 Å². The van der Waals surface area contributed by atoms with Gasteiger partial charge in [0.2, 0.25) is 0 Å². The van der Waals surface area contributed by atoms with E-state index in [2.05, 4.69) is 10.3 Å². The first-order valence-corrected chi connectivity index (χ1v) is 5.95. The fourth-order valence-corrected chi connectivity index (χ4v) is 2.40. The maximum absolute atomic E-state index is 12.4. The van der Waals surface area contributed by atoms with Crippen LogP contribution in [0.4, 0.5) is 0 Å². The van der Waals surface area contributed by atoms with Crippen LogP contribution >= 0.6 is 0 Å². The molecule has 1 N–H and O–H groups in total. The second kappa shape index (κ2) is 4.26. The summed E-state index contributed by atoms with van der Waals surface area (Å²) in [4.78, 5) is 16.7. The van der Waals surface area contributed by atoms with Gasteiger partial charge in [0, 0.05) is 29.6 Å². The number of ketones is 1. The molecule has 1 unspecified atom stereocenters. The van der Waals surface area contributed by atoms with Crippen LogP contribution in [0.3, 0.4) is 0 Å². The molecule has 0 bridgehead atoms. The minimum atomic E-state index is 0.114. The van der Waals surface area contributed by atoms with Gasteiger partial charge in [0.25, 0.3) is 0 Å². The Hall–Kier alpha value is -1.74. The molecule has 3 nitrogen and oxygen atoms in total. The quantitative estimate of drug-likeness (QED) is 0.797. The Labute approximate surface area is 99.9 Å². The summed E-state index contributed by atoms with van der Waals surface area (Å²) in [5.41, 5.74) is 1.59. The third-order valence-electron chi connectivity index (χ3n) is 3.33. The average molecular weight is 226 g/mol. The predicted molar refractivity (Wildman–Crippen MR) is 67.1 cm³/mol. The van der Waals surface area contributed by atoms with Crippen LogP contribution in [0.25, 0.3) is 10.9 Å². The Kier molecular flexibility index (Phi) is 2.61. The van der Waals surface area contributed by atoms with Gasteiger partial charge in [0.1, 0.15) is 0 Å². The van der Waals surface area contributed by atoms with Crippen molar-refractivity contribution in [2.24, 2.45) is 5.92 Å². The van der Waals surface area contributed by atoms with E-state index < -0.39 is 0 Å². The highest BCUT2D eigenvalue weighted by Crippen LogP contribution is 2.21. The number of para-hydroxylation sites is 1. The number of rotatable bonds is 2. The van der Waals surface area contributed by atoms with E-state index in [9.17, 15) is 4.79 Å². The summed E-state index contributed by atoms with van der Waals surface area (Å²) < 4.78 is 0. The lowest BCUT2D eigenvalue weighted by atomic mass is 9.95. The van der Waals surface area contributed by atoms with E-state index in [0.717, 1.165) is 36.0 Å². The summed E-state index contributed by atoms with van der Waals surface area (Å²) >= 11 is 0. The van der Waals surface area contributed by atoms with Crippen molar-refractivity contribution in [1.82, 2.24) is 10.3 Å². The number of benzene rings is 1. The van der Waals surface area contributed by atoms with Crippen molar-refractivity contribution in [3.63, 3.8) is 0 Å². The molecule has 0 aliphatic carbocycles. The van der Waals surface area contributed by atoms with Crippen molar-refractivity contribution in [2.45, 2.75) is 6.42 Å². The molecule has 3 rings (SSSR count). The van der Waals surface area contributed by atoms with Gasteiger partial charge in [0.05, 0.1) is 5.52 Å². The van der Waals surface area contributed by atoms with Crippen LogP contribution < -0.4 is 5.32 Å². The Morgan fingerprint density at radius 2 is 2.18 bits per heavy atom. The largest absolute Gasteiger partial charge is 0.316 e. The molecule has 2 heterocycles. The Morgan fingerprint density at radius 3 is 3.00 bits per heavy atom. The number of hydrogen-bond acceptors (Lipinski definition) is 3. The molecular formula is C14H14N2O. The number of aromatic nitrogens is 1. The van der Waals surface area contributed by atoms with Gasteiger partial charge in [-0.2, -0.15) is 0 Å². The van der Waals surface area contributed by atoms with Crippen LogP contribution in [-0.4, -0.2) is 23.9 Å². The molecule has 0 saturated carbocycles. The predicted octanol–water partition coefficient (Wildman–Crippen LogP) is 2.03. The first-order chi connectivity index (χ1) is 8.36. The monoisotopic (exact) mass is 226 g/mol. The van der Waals surface area contributed by atoms with E-state index in [4.69, 9.17) is 0 Å². The third-order valence-corrected chi connectivity index (χ3v) is 3.33. The first-order valence-electron chi connectivity index (χ1n) is 5.95. The van der Waals surface area contributed by atoms with Crippen molar-refractivity contribution >= 4 is 16.7 Å². The molecule has 0 radical (unpaired) electrons. The molecule has 1 aromatic heterocycles. The molecule has 1 atom stereocenters. The van der Waals surface area contributed by atoms with Gasteiger partial charge < -0.3 is 5.32 Å². The van der Waals surface area contributed by atoms with E-state index in [1.165, 1.54) is 0 Å². The highest BCUT2D eigenvalue weighted by molar-refractivity contribution is 6.07. The number of nitrogens with one attached hydrogen (secondary N) is 1. The summed E-state index contributed by atoms with van der Waals surface area (Å²) in [7, 11) is 0. The number of Topliss-reactive ketones (excluding diaryl/α,β-unsaturated/α-hetero) is 1. The molecule has 17 heavy (non-hydrogen) atoms. The van der Waals surface area contributed by atoms with Crippen LogP contribution in [0.15, 0.2) is 36.5 Å². The molecule has 1 aliphatic heterocycles. The zero-order valence-electron chi connectivity index (χ0n) is 9.52. The topological polar surface area (TPSA) is 42.0 Å². The molecule has 0 spiro atoms. The van der Waals surface area contributed by atoms with Crippen LogP contribution in [-0.2, 0) is 0 Å². The summed E-state index contributed by atoms with van der Waals surface area (Å²) in [5.74, 6) is 0.335. The number of carbonyl (C=O) groups is 1. The minimum absolute atomic E-state index is 0.114. The third kappa shape index (κ3) is 1.83. The van der Waals surface area contributed by atoms with E-state index >= 15 is 0 Å². The lowest BCUT2D eigenvalue weighted by Gasteiger charge is -2.09. The van der Waals surface area contributed by atoms with Crippen LogP contribution in [0.5, 0.6) is 0 Å².